The Morgan fingerprint density at radius 1 is 1.14 bits per heavy atom. The first kappa shape index (κ1) is 10.9. The summed E-state index contributed by atoms with van der Waals surface area (Å²) in [4.78, 5) is 0. The second kappa shape index (κ2) is 4.33. The number of aliphatic hydroxyl groups excluding tert-OH is 1. The molecule has 0 aromatic heterocycles. The van der Waals surface area contributed by atoms with E-state index in [0.717, 1.165) is 17.5 Å². The zero-order valence-electron chi connectivity index (χ0n) is 8.54. The zero-order valence-corrected chi connectivity index (χ0v) is 8.54. The second-order valence-corrected chi connectivity index (χ2v) is 3.48. The molecule has 0 saturated carbocycles. The lowest BCUT2D eigenvalue weighted by Crippen LogP contribution is -1.95. The summed E-state index contributed by atoms with van der Waals surface area (Å²) in [5.41, 5.74) is 2.67. The van der Waals surface area contributed by atoms with Crippen molar-refractivity contribution >= 4 is 0 Å². The molecule has 0 heterocycles. The molecule has 0 fully saturated rings. The van der Waals surface area contributed by atoms with Crippen molar-refractivity contribution in [3.63, 3.8) is 0 Å². The number of aromatic hydroxyl groups is 2. The summed E-state index contributed by atoms with van der Waals surface area (Å²) >= 11 is 0. The molecule has 14 heavy (non-hydrogen) atoms. The van der Waals surface area contributed by atoms with Crippen molar-refractivity contribution in [3.05, 3.63) is 22.8 Å². The number of benzene rings is 1. The topological polar surface area (TPSA) is 60.7 Å². The minimum Gasteiger partial charge on any atom is -0.504 e. The lowest BCUT2D eigenvalue weighted by molar-refractivity contribution is 0.288. The predicted molar refractivity (Wildman–Crippen MR) is 54.7 cm³/mol. The van der Waals surface area contributed by atoms with Gasteiger partial charge >= 0.3 is 0 Å². The van der Waals surface area contributed by atoms with E-state index in [1.54, 1.807) is 13.0 Å². The summed E-state index contributed by atoms with van der Waals surface area (Å²) in [6, 6.07) is 1.56. The number of phenolic OH excluding ortho intramolecular Hbond substituents is 2. The molecule has 0 bridgehead atoms. The van der Waals surface area contributed by atoms with Gasteiger partial charge in [-0.25, -0.2) is 0 Å². The van der Waals surface area contributed by atoms with Crippen molar-refractivity contribution in [1.82, 2.24) is 0 Å². The molecule has 3 heteroatoms. The SMILES string of the molecule is Cc1c(CCCO)cc(O)c(O)c1C. The zero-order chi connectivity index (χ0) is 10.7. The van der Waals surface area contributed by atoms with Gasteiger partial charge in [-0.15, -0.1) is 0 Å². The van der Waals surface area contributed by atoms with Gasteiger partial charge < -0.3 is 15.3 Å². The van der Waals surface area contributed by atoms with Crippen LogP contribution in [0.25, 0.3) is 0 Å². The van der Waals surface area contributed by atoms with Gasteiger partial charge in [-0.2, -0.15) is 0 Å². The lowest BCUT2D eigenvalue weighted by atomic mass is 9.98. The standard InChI is InChI=1S/C11H16O3/c1-7-8(2)11(14)10(13)6-9(7)4-3-5-12/h6,12-14H,3-5H2,1-2H3. The highest BCUT2D eigenvalue weighted by atomic mass is 16.3. The molecule has 0 aliphatic carbocycles. The van der Waals surface area contributed by atoms with E-state index >= 15 is 0 Å². The van der Waals surface area contributed by atoms with Crippen LogP contribution in [-0.2, 0) is 6.42 Å². The molecule has 0 saturated heterocycles. The average molecular weight is 196 g/mol. The van der Waals surface area contributed by atoms with E-state index in [-0.39, 0.29) is 18.1 Å². The molecular formula is C11H16O3. The number of hydrogen-bond acceptors (Lipinski definition) is 3. The van der Waals surface area contributed by atoms with Crippen molar-refractivity contribution in [2.75, 3.05) is 6.61 Å². The van der Waals surface area contributed by atoms with E-state index in [4.69, 9.17) is 5.11 Å². The summed E-state index contributed by atoms with van der Waals surface area (Å²) < 4.78 is 0. The van der Waals surface area contributed by atoms with E-state index in [1.807, 2.05) is 6.92 Å². The van der Waals surface area contributed by atoms with Gasteiger partial charge in [-0.3, -0.25) is 0 Å². The van der Waals surface area contributed by atoms with Crippen LogP contribution < -0.4 is 0 Å². The fourth-order valence-electron chi connectivity index (χ4n) is 1.48. The highest BCUT2D eigenvalue weighted by Crippen LogP contribution is 2.33. The van der Waals surface area contributed by atoms with Crippen LogP contribution in [0, 0.1) is 13.8 Å². The Labute approximate surface area is 83.6 Å². The first-order valence-corrected chi connectivity index (χ1v) is 4.69. The number of aliphatic hydroxyl groups is 1. The van der Waals surface area contributed by atoms with Gasteiger partial charge in [-0.1, -0.05) is 0 Å². The molecule has 1 aromatic carbocycles. The predicted octanol–water partition coefficient (Wildman–Crippen LogP) is 1.64. The Morgan fingerprint density at radius 3 is 2.36 bits per heavy atom. The van der Waals surface area contributed by atoms with Gasteiger partial charge in [0.05, 0.1) is 0 Å². The monoisotopic (exact) mass is 196 g/mol. The average Bonchev–Trinajstić information content (AvgIpc) is 2.18. The molecule has 0 amide bonds. The molecule has 3 N–H and O–H groups in total. The minimum atomic E-state index is -0.0824. The van der Waals surface area contributed by atoms with Crippen LogP contribution in [0.1, 0.15) is 23.1 Å². The summed E-state index contributed by atoms with van der Waals surface area (Å²) in [5, 5.41) is 27.5. The van der Waals surface area contributed by atoms with E-state index in [9.17, 15) is 10.2 Å². The first-order chi connectivity index (χ1) is 6.57. The van der Waals surface area contributed by atoms with Gasteiger partial charge in [0.15, 0.2) is 11.5 Å². The quantitative estimate of drug-likeness (QED) is 0.644. The molecule has 3 nitrogen and oxygen atoms in total. The fraction of sp³-hybridized carbons (Fsp3) is 0.455. The van der Waals surface area contributed by atoms with Crippen LogP contribution >= 0.6 is 0 Å². The van der Waals surface area contributed by atoms with Crippen molar-refractivity contribution in [1.29, 1.82) is 0 Å². The maximum absolute atomic E-state index is 9.44. The second-order valence-electron chi connectivity index (χ2n) is 3.48. The highest BCUT2D eigenvalue weighted by molar-refractivity contribution is 5.51. The van der Waals surface area contributed by atoms with Crippen LogP contribution in [0.15, 0.2) is 6.07 Å². The van der Waals surface area contributed by atoms with Crippen LogP contribution in [0.2, 0.25) is 0 Å². The van der Waals surface area contributed by atoms with Crippen molar-refractivity contribution in [3.8, 4) is 11.5 Å². The summed E-state index contributed by atoms with van der Waals surface area (Å²) in [6.45, 7) is 3.81. The van der Waals surface area contributed by atoms with Gasteiger partial charge in [0, 0.05) is 6.61 Å². The van der Waals surface area contributed by atoms with Gasteiger partial charge in [0.2, 0.25) is 0 Å². The van der Waals surface area contributed by atoms with Crippen LogP contribution in [0.3, 0.4) is 0 Å². The van der Waals surface area contributed by atoms with E-state index < -0.39 is 0 Å². The third-order valence-corrected chi connectivity index (χ3v) is 2.56. The Kier molecular flexibility index (Phi) is 3.36. The molecule has 0 radical (unpaired) electrons. The molecule has 78 valence electrons. The van der Waals surface area contributed by atoms with Crippen molar-refractivity contribution < 1.29 is 15.3 Å². The van der Waals surface area contributed by atoms with E-state index in [2.05, 4.69) is 0 Å². The molecule has 0 aliphatic heterocycles. The number of hydrogen-bond donors (Lipinski definition) is 3. The Morgan fingerprint density at radius 2 is 1.79 bits per heavy atom. The molecule has 0 aliphatic rings. The van der Waals surface area contributed by atoms with E-state index in [1.165, 1.54) is 0 Å². The molecule has 0 unspecified atom stereocenters. The van der Waals surface area contributed by atoms with Gasteiger partial charge in [0.1, 0.15) is 0 Å². The molecule has 0 spiro atoms. The molecule has 1 aromatic rings. The molecular weight excluding hydrogens is 180 g/mol. The smallest absolute Gasteiger partial charge is 0.160 e. The molecule has 0 atom stereocenters. The Bertz CT molecular complexity index is 332. The third kappa shape index (κ3) is 1.99. The highest BCUT2D eigenvalue weighted by Gasteiger charge is 2.10. The van der Waals surface area contributed by atoms with Crippen LogP contribution in [0.5, 0.6) is 11.5 Å². The van der Waals surface area contributed by atoms with Crippen molar-refractivity contribution in [2.24, 2.45) is 0 Å². The summed E-state index contributed by atoms with van der Waals surface area (Å²) in [7, 11) is 0. The number of rotatable bonds is 3. The third-order valence-electron chi connectivity index (χ3n) is 2.56. The number of phenols is 2. The Hall–Kier alpha value is -1.22. The van der Waals surface area contributed by atoms with Crippen molar-refractivity contribution in [2.45, 2.75) is 26.7 Å². The van der Waals surface area contributed by atoms with Crippen LogP contribution in [-0.4, -0.2) is 21.9 Å². The summed E-state index contributed by atoms with van der Waals surface area (Å²) in [6.07, 6.45) is 1.39. The Balaban J connectivity index is 3.06. The summed E-state index contributed by atoms with van der Waals surface area (Å²) in [5.74, 6) is -0.128. The normalized spacial score (nSPS) is 10.5. The number of aryl methyl sites for hydroxylation is 1. The lowest BCUT2D eigenvalue weighted by Gasteiger charge is -2.11. The maximum atomic E-state index is 9.44. The minimum absolute atomic E-state index is 0.0461. The van der Waals surface area contributed by atoms with Gasteiger partial charge in [0.25, 0.3) is 0 Å². The fourth-order valence-corrected chi connectivity index (χ4v) is 1.48. The van der Waals surface area contributed by atoms with Crippen LogP contribution in [0.4, 0.5) is 0 Å². The van der Waals surface area contributed by atoms with E-state index in [0.29, 0.717) is 12.0 Å². The largest absolute Gasteiger partial charge is 0.504 e. The first-order valence-electron chi connectivity index (χ1n) is 4.69. The van der Waals surface area contributed by atoms with Gasteiger partial charge in [-0.05, 0) is 49.4 Å². The maximum Gasteiger partial charge on any atom is 0.160 e. The molecule has 1 rings (SSSR count).